The van der Waals surface area contributed by atoms with Gasteiger partial charge in [0, 0.05) is 25.9 Å². The molecule has 120 valence electrons. The molecule has 2 amide bonds. The summed E-state index contributed by atoms with van der Waals surface area (Å²) >= 11 is 0. The van der Waals surface area contributed by atoms with Crippen molar-refractivity contribution in [2.24, 2.45) is 0 Å². The molecule has 0 aromatic heterocycles. The predicted molar refractivity (Wildman–Crippen MR) is 90.8 cm³/mol. The van der Waals surface area contributed by atoms with Crippen molar-refractivity contribution in [1.29, 1.82) is 0 Å². The SMILES string of the molecule is CCCC(=O)NC1CC(=O)N(Cc2cccc3ccccc23)C1. The van der Waals surface area contributed by atoms with Crippen molar-refractivity contribution in [3.05, 3.63) is 48.0 Å². The van der Waals surface area contributed by atoms with E-state index in [0.717, 1.165) is 12.0 Å². The highest BCUT2D eigenvalue weighted by molar-refractivity contribution is 5.87. The Hall–Kier alpha value is -2.36. The molecule has 0 saturated carbocycles. The van der Waals surface area contributed by atoms with Gasteiger partial charge in [-0.25, -0.2) is 0 Å². The van der Waals surface area contributed by atoms with Crippen LogP contribution in [0, 0.1) is 0 Å². The zero-order valence-corrected chi connectivity index (χ0v) is 13.4. The average molecular weight is 310 g/mol. The lowest BCUT2D eigenvalue weighted by molar-refractivity contribution is -0.128. The summed E-state index contributed by atoms with van der Waals surface area (Å²) in [6, 6.07) is 14.3. The molecule has 1 atom stereocenters. The maximum absolute atomic E-state index is 12.2. The van der Waals surface area contributed by atoms with Gasteiger partial charge in [-0.1, -0.05) is 49.4 Å². The summed E-state index contributed by atoms with van der Waals surface area (Å²) in [6.45, 7) is 3.17. The molecule has 1 saturated heterocycles. The Kier molecular flexibility index (Phi) is 4.60. The van der Waals surface area contributed by atoms with Crippen LogP contribution in [0.5, 0.6) is 0 Å². The molecule has 4 nitrogen and oxygen atoms in total. The third-order valence-corrected chi connectivity index (χ3v) is 4.30. The van der Waals surface area contributed by atoms with Crippen LogP contribution < -0.4 is 5.32 Å². The second-order valence-corrected chi connectivity index (χ2v) is 6.13. The van der Waals surface area contributed by atoms with Gasteiger partial charge in [-0.2, -0.15) is 0 Å². The molecule has 23 heavy (non-hydrogen) atoms. The molecule has 1 aliphatic heterocycles. The van der Waals surface area contributed by atoms with E-state index in [1.165, 1.54) is 10.8 Å². The van der Waals surface area contributed by atoms with E-state index >= 15 is 0 Å². The highest BCUT2D eigenvalue weighted by atomic mass is 16.2. The zero-order chi connectivity index (χ0) is 16.2. The summed E-state index contributed by atoms with van der Waals surface area (Å²) < 4.78 is 0. The fourth-order valence-electron chi connectivity index (χ4n) is 3.18. The molecule has 0 spiro atoms. The predicted octanol–water partition coefficient (Wildman–Crippen LogP) is 2.86. The van der Waals surface area contributed by atoms with Gasteiger partial charge >= 0.3 is 0 Å². The maximum Gasteiger partial charge on any atom is 0.225 e. The molecular weight excluding hydrogens is 288 g/mol. The number of nitrogens with zero attached hydrogens (tertiary/aromatic N) is 1. The number of carbonyl (C=O) groups is 2. The van der Waals surface area contributed by atoms with Gasteiger partial charge in [0.1, 0.15) is 0 Å². The molecule has 1 N–H and O–H groups in total. The van der Waals surface area contributed by atoms with Gasteiger partial charge < -0.3 is 10.2 Å². The highest BCUT2D eigenvalue weighted by Crippen LogP contribution is 2.22. The summed E-state index contributed by atoms with van der Waals surface area (Å²) in [4.78, 5) is 25.8. The van der Waals surface area contributed by atoms with Crippen molar-refractivity contribution in [2.45, 2.75) is 38.8 Å². The van der Waals surface area contributed by atoms with Crippen molar-refractivity contribution in [2.75, 3.05) is 6.54 Å². The molecule has 0 bridgehead atoms. The normalized spacial score (nSPS) is 17.7. The molecule has 1 unspecified atom stereocenters. The summed E-state index contributed by atoms with van der Waals surface area (Å²) in [6.07, 6.45) is 1.75. The molecule has 4 heteroatoms. The van der Waals surface area contributed by atoms with E-state index in [1.54, 1.807) is 0 Å². The van der Waals surface area contributed by atoms with Crippen LogP contribution in [0.4, 0.5) is 0 Å². The van der Waals surface area contributed by atoms with E-state index in [1.807, 2.05) is 30.0 Å². The van der Waals surface area contributed by atoms with Gasteiger partial charge in [0.25, 0.3) is 0 Å². The van der Waals surface area contributed by atoms with Gasteiger partial charge in [-0.05, 0) is 22.8 Å². The van der Waals surface area contributed by atoms with E-state index in [0.29, 0.717) is 25.9 Å². The summed E-state index contributed by atoms with van der Waals surface area (Å²) in [5.41, 5.74) is 1.15. The molecule has 0 aliphatic carbocycles. The standard InChI is InChI=1S/C19H22N2O2/c1-2-6-18(22)20-16-11-19(23)21(13-16)12-15-9-5-8-14-7-3-4-10-17(14)15/h3-5,7-10,16H,2,6,11-13H2,1H3,(H,20,22). The lowest BCUT2D eigenvalue weighted by Crippen LogP contribution is -2.36. The van der Waals surface area contributed by atoms with E-state index < -0.39 is 0 Å². The van der Waals surface area contributed by atoms with Crippen LogP contribution in [0.25, 0.3) is 10.8 Å². The summed E-state index contributed by atoms with van der Waals surface area (Å²) in [5.74, 6) is 0.150. The number of hydrogen-bond donors (Lipinski definition) is 1. The van der Waals surface area contributed by atoms with E-state index in [9.17, 15) is 9.59 Å². The van der Waals surface area contributed by atoms with Gasteiger partial charge in [0.15, 0.2) is 0 Å². The van der Waals surface area contributed by atoms with Crippen LogP contribution in [-0.2, 0) is 16.1 Å². The van der Waals surface area contributed by atoms with Crippen LogP contribution in [0.1, 0.15) is 31.7 Å². The first-order valence-corrected chi connectivity index (χ1v) is 8.21. The highest BCUT2D eigenvalue weighted by Gasteiger charge is 2.30. The number of hydrogen-bond acceptors (Lipinski definition) is 2. The average Bonchev–Trinajstić information content (AvgIpc) is 2.87. The molecule has 3 rings (SSSR count). The number of likely N-dealkylation sites (tertiary alicyclic amines) is 1. The number of benzene rings is 2. The Balaban J connectivity index is 1.70. The second kappa shape index (κ2) is 6.82. The van der Waals surface area contributed by atoms with Gasteiger partial charge in [0.2, 0.25) is 11.8 Å². The molecular formula is C19H22N2O2. The van der Waals surface area contributed by atoms with Crippen LogP contribution in [0.2, 0.25) is 0 Å². The minimum atomic E-state index is -0.0588. The first-order chi connectivity index (χ1) is 11.2. The molecule has 2 aromatic rings. The number of nitrogens with one attached hydrogen (secondary N) is 1. The molecule has 2 aromatic carbocycles. The van der Waals surface area contributed by atoms with E-state index in [2.05, 4.69) is 29.6 Å². The Morgan fingerprint density at radius 1 is 1.22 bits per heavy atom. The largest absolute Gasteiger partial charge is 0.351 e. The van der Waals surface area contributed by atoms with Gasteiger partial charge in [-0.3, -0.25) is 9.59 Å². The van der Waals surface area contributed by atoms with Crippen molar-refractivity contribution in [3.63, 3.8) is 0 Å². The number of rotatable bonds is 5. The Bertz CT molecular complexity index is 721. The second-order valence-electron chi connectivity index (χ2n) is 6.13. The summed E-state index contributed by atoms with van der Waals surface area (Å²) in [5, 5.41) is 5.33. The number of fused-ring (bicyclic) bond motifs is 1. The van der Waals surface area contributed by atoms with Crippen molar-refractivity contribution < 1.29 is 9.59 Å². The van der Waals surface area contributed by atoms with Crippen molar-refractivity contribution >= 4 is 22.6 Å². The Morgan fingerprint density at radius 3 is 2.83 bits per heavy atom. The van der Waals surface area contributed by atoms with Crippen LogP contribution >= 0.6 is 0 Å². The van der Waals surface area contributed by atoms with Gasteiger partial charge in [-0.15, -0.1) is 0 Å². The summed E-state index contributed by atoms with van der Waals surface area (Å²) in [7, 11) is 0. The first kappa shape index (κ1) is 15.5. The van der Waals surface area contributed by atoms with Crippen LogP contribution in [0.15, 0.2) is 42.5 Å². The maximum atomic E-state index is 12.2. The van der Waals surface area contributed by atoms with Gasteiger partial charge in [0.05, 0.1) is 6.04 Å². The minimum absolute atomic E-state index is 0.0392. The Labute approximate surface area is 136 Å². The smallest absolute Gasteiger partial charge is 0.225 e. The fourth-order valence-corrected chi connectivity index (χ4v) is 3.18. The lowest BCUT2D eigenvalue weighted by atomic mass is 10.0. The molecule has 0 radical (unpaired) electrons. The topological polar surface area (TPSA) is 49.4 Å². The third-order valence-electron chi connectivity index (χ3n) is 4.30. The zero-order valence-electron chi connectivity index (χ0n) is 13.4. The molecule has 1 aliphatic rings. The van der Waals surface area contributed by atoms with Crippen molar-refractivity contribution in [3.8, 4) is 0 Å². The number of amides is 2. The number of carbonyl (C=O) groups excluding carboxylic acids is 2. The van der Waals surface area contributed by atoms with E-state index in [-0.39, 0.29) is 17.9 Å². The lowest BCUT2D eigenvalue weighted by Gasteiger charge is -2.18. The fraction of sp³-hybridized carbons (Fsp3) is 0.368. The Morgan fingerprint density at radius 2 is 2.00 bits per heavy atom. The van der Waals surface area contributed by atoms with Crippen molar-refractivity contribution in [1.82, 2.24) is 10.2 Å². The van der Waals surface area contributed by atoms with Crippen LogP contribution in [-0.4, -0.2) is 29.3 Å². The third kappa shape index (κ3) is 3.52. The minimum Gasteiger partial charge on any atom is -0.351 e. The quantitative estimate of drug-likeness (QED) is 0.923. The van der Waals surface area contributed by atoms with Crippen LogP contribution in [0.3, 0.4) is 0 Å². The van der Waals surface area contributed by atoms with E-state index in [4.69, 9.17) is 0 Å². The molecule has 1 fully saturated rings. The monoisotopic (exact) mass is 310 g/mol. The first-order valence-electron chi connectivity index (χ1n) is 8.21. The molecule has 1 heterocycles.